The molecule has 0 aliphatic heterocycles. The number of aromatic nitrogens is 1. The van der Waals surface area contributed by atoms with E-state index in [-0.39, 0.29) is 0 Å². The fourth-order valence-electron chi connectivity index (χ4n) is 4.88. The highest BCUT2D eigenvalue weighted by Gasteiger charge is 2.31. The largest absolute Gasteiger partial charge is 0.416 e. The molecule has 1 fully saturated rings. The number of hydrogen-bond donors (Lipinski definition) is 1. The predicted molar refractivity (Wildman–Crippen MR) is 113 cm³/mol. The lowest BCUT2D eigenvalue weighted by molar-refractivity contribution is -0.137. The van der Waals surface area contributed by atoms with Crippen molar-refractivity contribution < 1.29 is 18.0 Å². The Kier molecular flexibility index (Phi) is 6.94. The van der Waals surface area contributed by atoms with Gasteiger partial charge < -0.3 is 10.3 Å². The molecule has 1 aliphatic carbocycles. The quantitative estimate of drug-likeness (QED) is 0.567. The van der Waals surface area contributed by atoms with Crippen molar-refractivity contribution in [1.82, 2.24) is 4.57 Å². The summed E-state index contributed by atoms with van der Waals surface area (Å²) in [5, 5.41) is 0. The fraction of sp³-hybridized carbons (Fsp3) is 0.542. The number of carbonyl (C=O) groups is 1. The molecule has 1 heterocycles. The van der Waals surface area contributed by atoms with Crippen LogP contribution in [0.4, 0.5) is 13.2 Å². The van der Waals surface area contributed by atoms with Gasteiger partial charge in [0.05, 0.1) is 11.1 Å². The molecule has 3 nitrogen and oxygen atoms in total. The summed E-state index contributed by atoms with van der Waals surface area (Å²) in [5.41, 5.74) is 8.72. The van der Waals surface area contributed by atoms with Gasteiger partial charge in [-0.15, -0.1) is 0 Å². The number of nitrogens with two attached hydrogens (primary N) is 1. The zero-order valence-corrected chi connectivity index (χ0v) is 17.8. The van der Waals surface area contributed by atoms with Crippen LogP contribution in [-0.4, -0.2) is 10.5 Å². The third kappa shape index (κ3) is 4.57. The minimum absolute atomic E-state index is 0.299. The maximum absolute atomic E-state index is 13.0. The lowest BCUT2D eigenvalue weighted by Crippen LogP contribution is -2.17. The number of halogens is 3. The van der Waals surface area contributed by atoms with Crippen LogP contribution in [0.15, 0.2) is 24.3 Å². The lowest BCUT2D eigenvalue weighted by Gasteiger charge is -2.26. The van der Waals surface area contributed by atoms with Crippen LogP contribution in [0.25, 0.3) is 11.1 Å². The molecule has 30 heavy (non-hydrogen) atoms. The summed E-state index contributed by atoms with van der Waals surface area (Å²) < 4.78 is 41.4. The normalized spacial score (nSPS) is 16.3. The Morgan fingerprint density at radius 1 is 1.07 bits per heavy atom. The highest BCUT2D eigenvalue weighted by molar-refractivity contribution is 6.02. The summed E-state index contributed by atoms with van der Waals surface area (Å²) in [7, 11) is 0. The van der Waals surface area contributed by atoms with Crippen molar-refractivity contribution in [1.29, 1.82) is 0 Å². The standard InChI is InChI=1S/C24H31F3N2O/c1-3-9-20-22(17-12-14-18(15-13-17)24(25,26)27)21(23(28)30)16(2)29(20)19-10-7-5-4-6-8-11-19/h12-15,19H,3-11H2,1-2H3,(H2,28,30). The molecule has 0 unspecified atom stereocenters. The number of primary amides is 1. The predicted octanol–water partition coefficient (Wildman–Crippen LogP) is 6.82. The van der Waals surface area contributed by atoms with E-state index in [1.165, 1.54) is 31.4 Å². The first-order chi connectivity index (χ1) is 14.3. The first-order valence-corrected chi connectivity index (χ1v) is 11.0. The van der Waals surface area contributed by atoms with Crippen LogP contribution >= 0.6 is 0 Å². The van der Waals surface area contributed by atoms with Gasteiger partial charge >= 0.3 is 6.18 Å². The van der Waals surface area contributed by atoms with Crippen LogP contribution in [0.5, 0.6) is 0 Å². The van der Waals surface area contributed by atoms with Crippen LogP contribution in [0.3, 0.4) is 0 Å². The smallest absolute Gasteiger partial charge is 0.366 e. The van der Waals surface area contributed by atoms with Crippen LogP contribution in [-0.2, 0) is 12.6 Å². The third-order valence-electron chi connectivity index (χ3n) is 6.23. The number of nitrogens with zero attached hydrogens (tertiary/aromatic N) is 1. The van der Waals surface area contributed by atoms with E-state index in [4.69, 9.17) is 5.73 Å². The van der Waals surface area contributed by atoms with Crippen molar-refractivity contribution in [2.24, 2.45) is 5.73 Å². The highest BCUT2D eigenvalue weighted by atomic mass is 19.4. The van der Waals surface area contributed by atoms with Gasteiger partial charge in [-0.3, -0.25) is 4.79 Å². The Morgan fingerprint density at radius 2 is 1.63 bits per heavy atom. The zero-order chi connectivity index (χ0) is 21.9. The molecule has 0 atom stereocenters. The first kappa shape index (κ1) is 22.4. The van der Waals surface area contributed by atoms with Crippen molar-refractivity contribution in [3.8, 4) is 11.1 Å². The molecular formula is C24H31F3N2O. The summed E-state index contributed by atoms with van der Waals surface area (Å²) >= 11 is 0. The third-order valence-corrected chi connectivity index (χ3v) is 6.23. The molecule has 1 saturated carbocycles. The number of alkyl halides is 3. The molecule has 6 heteroatoms. The topological polar surface area (TPSA) is 48.0 Å². The van der Waals surface area contributed by atoms with Gasteiger partial charge in [-0.25, -0.2) is 0 Å². The Hall–Kier alpha value is -2.24. The van der Waals surface area contributed by atoms with Crippen LogP contribution in [0.1, 0.15) is 91.6 Å². The molecule has 0 spiro atoms. The van der Waals surface area contributed by atoms with Gasteiger partial charge in [-0.2, -0.15) is 13.2 Å². The van der Waals surface area contributed by atoms with Gasteiger partial charge in [0, 0.05) is 23.0 Å². The summed E-state index contributed by atoms with van der Waals surface area (Å²) in [4.78, 5) is 12.4. The van der Waals surface area contributed by atoms with E-state index in [1.54, 1.807) is 0 Å². The molecule has 1 aromatic carbocycles. The van der Waals surface area contributed by atoms with Crippen LogP contribution < -0.4 is 5.73 Å². The molecule has 1 amide bonds. The van der Waals surface area contributed by atoms with E-state index in [2.05, 4.69) is 11.5 Å². The van der Waals surface area contributed by atoms with Crippen molar-refractivity contribution in [3.63, 3.8) is 0 Å². The highest BCUT2D eigenvalue weighted by Crippen LogP contribution is 2.40. The Morgan fingerprint density at radius 3 is 2.13 bits per heavy atom. The minimum atomic E-state index is -4.39. The second-order valence-corrected chi connectivity index (χ2v) is 8.34. The van der Waals surface area contributed by atoms with Crippen molar-refractivity contribution >= 4 is 5.91 Å². The van der Waals surface area contributed by atoms with Gasteiger partial charge in [0.2, 0.25) is 0 Å². The summed E-state index contributed by atoms with van der Waals surface area (Å²) in [6.07, 6.45) is 5.34. The summed E-state index contributed by atoms with van der Waals surface area (Å²) in [5.74, 6) is -0.524. The molecule has 0 bridgehead atoms. The zero-order valence-electron chi connectivity index (χ0n) is 17.8. The van der Waals surface area contributed by atoms with E-state index < -0.39 is 17.6 Å². The Balaban J connectivity index is 2.17. The number of amides is 1. The second-order valence-electron chi connectivity index (χ2n) is 8.34. The van der Waals surface area contributed by atoms with Gasteiger partial charge in [-0.05, 0) is 43.9 Å². The molecule has 164 valence electrons. The minimum Gasteiger partial charge on any atom is -0.366 e. The number of benzene rings is 1. The fourth-order valence-corrected chi connectivity index (χ4v) is 4.88. The second kappa shape index (κ2) is 9.27. The van der Waals surface area contributed by atoms with Crippen LogP contribution in [0.2, 0.25) is 0 Å². The van der Waals surface area contributed by atoms with E-state index in [9.17, 15) is 18.0 Å². The van der Waals surface area contributed by atoms with E-state index >= 15 is 0 Å². The van der Waals surface area contributed by atoms with E-state index in [0.29, 0.717) is 22.7 Å². The molecule has 0 saturated heterocycles. The van der Waals surface area contributed by atoms with Gasteiger partial charge in [0.1, 0.15) is 0 Å². The van der Waals surface area contributed by atoms with Crippen molar-refractivity contribution in [3.05, 3.63) is 46.8 Å². The molecule has 2 N–H and O–H groups in total. The average molecular weight is 421 g/mol. The molecule has 1 aromatic heterocycles. The van der Waals surface area contributed by atoms with Gasteiger partial charge in [0.25, 0.3) is 5.91 Å². The maximum Gasteiger partial charge on any atom is 0.416 e. The molecular weight excluding hydrogens is 389 g/mol. The lowest BCUT2D eigenvalue weighted by atomic mass is 9.95. The molecule has 1 aliphatic rings. The molecule has 3 rings (SSSR count). The van der Waals surface area contributed by atoms with Crippen LogP contribution in [0, 0.1) is 6.92 Å². The summed E-state index contributed by atoms with van der Waals surface area (Å²) in [6.45, 7) is 4.00. The SMILES string of the molecule is CCCc1c(-c2ccc(C(F)(F)F)cc2)c(C(N)=O)c(C)n1C1CCCCCCC1. The summed E-state index contributed by atoms with van der Waals surface area (Å²) in [6, 6.07) is 5.39. The van der Waals surface area contributed by atoms with Crippen molar-refractivity contribution in [2.45, 2.75) is 83.9 Å². The van der Waals surface area contributed by atoms with E-state index in [0.717, 1.165) is 62.0 Å². The molecule has 2 aromatic rings. The molecule has 0 radical (unpaired) electrons. The average Bonchev–Trinajstić information content (AvgIpc) is 2.94. The Bertz CT molecular complexity index is 873. The van der Waals surface area contributed by atoms with Crippen molar-refractivity contribution in [2.75, 3.05) is 0 Å². The number of hydrogen-bond acceptors (Lipinski definition) is 1. The number of carbonyl (C=O) groups excluding carboxylic acids is 1. The van der Waals surface area contributed by atoms with Gasteiger partial charge in [-0.1, -0.05) is 57.6 Å². The Labute approximate surface area is 176 Å². The van der Waals surface area contributed by atoms with E-state index in [1.807, 2.05) is 6.92 Å². The number of rotatable bonds is 5. The first-order valence-electron chi connectivity index (χ1n) is 11.0. The monoisotopic (exact) mass is 420 g/mol. The maximum atomic E-state index is 13.0. The van der Waals surface area contributed by atoms with Gasteiger partial charge in [0.15, 0.2) is 0 Å².